The zero-order chi connectivity index (χ0) is 77.8. The summed E-state index contributed by atoms with van der Waals surface area (Å²) in [5.74, 6) is 6.94. The number of nitrogens with zero attached hydrogens (tertiary/aromatic N) is 6. The predicted molar refractivity (Wildman–Crippen MR) is 473 cm³/mol. The third-order valence-corrected chi connectivity index (χ3v) is 24.2. The van der Waals surface area contributed by atoms with E-state index in [1.807, 2.05) is 48.5 Å². The Bertz CT molecular complexity index is 7150. The Balaban J connectivity index is 0.529. The fraction of sp³-hybridized carbons (Fsp3) is 0.0182. The van der Waals surface area contributed by atoms with E-state index >= 15 is 0 Å². The number of hydrogen-bond donors (Lipinski definition) is 0. The number of ether oxygens (including phenoxy) is 2. The smallest absolute Gasteiger partial charge is 0.164 e. The molecule has 2 aliphatic carbocycles. The van der Waals surface area contributed by atoms with Crippen molar-refractivity contribution in [2.24, 2.45) is 0 Å². The summed E-state index contributed by atoms with van der Waals surface area (Å²) in [6, 6.07) is 146. The molecule has 8 heteroatoms. The van der Waals surface area contributed by atoms with Crippen molar-refractivity contribution in [2.45, 2.75) is 10.8 Å². The number of rotatable bonds is 12. The van der Waals surface area contributed by atoms with Crippen LogP contribution in [0.25, 0.3) is 157 Å². The van der Waals surface area contributed by atoms with E-state index in [1.54, 1.807) is 0 Å². The van der Waals surface area contributed by atoms with Gasteiger partial charge in [-0.2, -0.15) is 0 Å². The summed E-state index contributed by atoms with van der Waals surface area (Å²) in [6.07, 6.45) is 0. The minimum Gasteiger partial charge on any atom is -0.456 e. The zero-order valence-electron chi connectivity index (χ0n) is 63.8. The first-order valence-corrected chi connectivity index (χ1v) is 40.0. The Morgan fingerprint density at radius 3 is 0.822 bits per heavy atom. The maximum absolute atomic E-state index is 7.10. The molecule has 23 rings (SSSR count). The Morgan fingerprint density at radius 1 is 0.144 bits per heavy atom. The van der Waals surface area contributed by atoms with Crippen molar-refractivity contribution in [3.05, 3.63) is 457 Å². The molecule has 550 valence electrons. The highest BCUT2D eigenvalue weighted by atomic mass is 16.5. The minimum atomic E-state index is -0.563. The molecule has 0 bridgehead atoms. The third-order valence-electron chi connectivity index (χ3n) is 24.2. The van der Waals surface area contributed by atoms with Gasteiger partial charge in [0.25, 0.3) is 0 Å². The maximum Gasteiger partial charge on any atom is 0.164 e. The Hall–Kier alpha value is -15.6. The largest absolute Gasteiger partial charge is 0.456 e. The van der Waals surface area contributed by atoms with Crippen molar-refractivity contribution in [2.75, 3.05) is 0 Å². The highest BCUT2D eigenvalue weighted by molar-refractivity contribution is 5.94. The summed E-state index contributed by atoms with van der Waals surface area (Å²) >= 11 is 0. The number of aromatic nitrogens is 6. The molecule has 8 nitrogen and oxygen atoms in total. The summed E-state index contributed by atoms with van der Waals surface area (Å²) in [5, 5.41) is 0. The van der Waals surface area contributed by atoms with Crippen molar-refractivity contribution in [3.63, 3.8) is 0 Å². The number of para-hydroxylation sites is 4. The van der Waals surface area contributed by atoms with Gasteiger partial charge in [-0.3, -0.25) is 0 Å². The summed E-state index contributed by atoms with van der Waals surface area (Å²) < 4.78 is 14.2. The first-order chi connectivity index (χ1) is 58.5. The first-order valence-electron chi connectivity index (χ1n) is 40.0. The van der Waals surface area contributed by atoms with Gasteiger partial charge in [-0.15, -0.1) is 0 Å². The predicted octanol–water partition coefficient (Wildman–Crippen LogP) is 27.0. The highest BCUT2D eigenvalue weighted by Crippen LogP contribution is 2.65. The van der Waals surface area contributed by atoms with Gasteiger partial charge in [-0.25, -0.2) is 29.9 Å². The van der Waals surface area contributed by atoms with Gasteiger partial charge in [0, 0.05) is 66.8 Å². The van der Waals surface area contributed by atoms with Gasteiger partial charge in [0.15, 0.2) is 34.9 Å². The van der Waals surface area contributed by atoms with Crippen molar-refractivity contribution in [3.8, 4) is 180 Å². The lowest BCUT2D eigenvalue weighted by molar-refractivity contribution is 0.438. The minimum absolute atomic E-state index is 0.557. The monoisotopic (exact) mass is 1500 g/mol. The van der Waals surface area contributed by atoms with Crippen LogP contribution in [-0.4, -0.2) is 29.9 Å². The van der Waals surface area contributed by atoms with Crippen LogP contribution in [0.5, 0.6) is 23.0 Å². The average Bonchev–Trinajstić information content (AvgIpc) is 1.51. The van der Waals surface area contributed by atoms with E-state index in [2.05, 4.69) is 364 Å². The van der Waals surface area contributed by atoms with E-state index in [-0.39, 0.29) is 0 Å². The van der Waals surface area contributed by atoms with E-state index in [9.17, 15) is 0 Å². The second-order valence-electron chi connectivity index (χ2n) is 30.6. The Morgan fingerprint density at radius 2 is 0.390 bits per heavy atom. The molecule has 0 saturated heterocycles. The molecule has 17 aromatic carbocycles. The van der Waals surface area contributed by atoms with E-state index in [0.717, 1.165) is 145 Å². The van der Waals surface area contributed by atoms with Crippen LogP contribution in [0, 0.1) is 0 Å². The van der Waals surface area contributed by atoms with Gasteiger partial charge in [-0.05, 0) is 130 Å². The summed E-state index contributed by atoms with van der Waals surface area (Å²) in [5.41, 5.74) is 31.3. The molecule has 2 aliphatic heterocycles. The molecule has 19 aromatic rings. The lowest BCUT2D eigenvalue weighted by Gasteiger charge is -2.40. The molecule has 2 spiro atoms. The molecule has 0 radical (unpaired) electrons. The van der Waals surface area contributed by atoms with Gasteiger partial charge in [0.05, 0.1) is 10.8 Å². The van der Waals surface area contributed by atoms with Crippen LogP contribution in [0.2, 0.25) is 0 Å². The third kappa shape index (κ3) is 10.9. The Labute approximate surface area is 683 Å². The quantitative estimate of drug-likeness (QED) is 0.119. The molecule has 0 amide bonds. The van der Waals surface area contributed by atoms with Crippen LogP contribution in [0.4, 0.5) is 0 Å². The van der Waals surface area contributed by atoms with Crippen molar-refractivity contribution < 1.29 is 9.47 Å². The second-order valence-corrected chi connectivity index (χ2v) is 30.6. The molecular formula is C110H68N6O2. The van der Waals surface area contributed by atoms with Gasteiger partial charge in [0.1, 0.15) is 23.0 Å². The molecule has 0 fully saturated rings. The maximum atomic E-state index is 7.10. The molecule has 0 unspecified atom stereocenters. The fourth-order valence-electron chi connectivity index (χ4n) is 18.9. The molecule has 2 aromatic heterocycles. The molecular weight excluding hydrogens is 1440 g/mol. The van der Waals surface area contributed by atoms with Crippen molar-refractivity contribution in [1.29, 1.82) is 0 Å². The fourth-order valence-corrected chi connectivity index (χ4v) is 18.9. The molecule has 4 aliphatic rings. The second kappa shape index (κ2) is 27.6. The summed E-state index contributed by atoms with van der Waals surface area (Å²) in [4.78, 5) is 31.4. The van der Waals surface area contributed by atoms with Gasteiger partial charge in [-0.1, -0.05) is 382 Å². The lowest BCUT2D eigenvalue weighted by Crippen LogP contribution is -2.32. The topological polar surface area (TPSA) is 95.8 Å². The molecule has 0 N–H and O–H groups in total. The Kier molecular flexibility index (Phi) is 15.9. The summed E-state index contributed by atoms with van der Waals surface area (Å²) in [6.45, 7) is 0. The van der Waals surface area contributed by atoms with Gasteiger partial charge in [0.2, 0.25) is 0 Å². The number of hydrogen-bond acceptors (Lipinski definition) is 8. The van der Waals surface area contributed by atoms with Crippen molar-refractivity contribution in [1.82, 2.24) is 29.9 Å². The SMILES string of the molecule is c1ccc(-c2nc(-c3ccc(-c4ccc(-c5cccc(-c6nc(-c7ccccc7)nc(-c7ccccc7-c7ccc(-c8cccc9c8Oc8ccccc8C98c9ccccc9-c9ccccc98)cc7)n6)c5)cc4)cc3)nc(-c3cccc(-c4cccc(-c5cccc6c5Oc5ccccc5C65c6ccccc6-c6ccccc65)c4)c3)n2)cc1. The standard InChI is InChI=1S/C110H68N6O2/c1-3-26-74(27-4-1)103-111-105(114-106(112-103)82-35-23-32-79(68-82)78-31-21-33-80(66-78)85-43-25-51-98-102(85)118-100-53-20-18-49-96(100)110(98)93-46-15-11-39-88(93)89-40-12-16-47-94(89)110)76-64-58-70(59-65-76)69-54-56-71(57-55-69)77-30-22-34-81(67-77)107-113-104(75-28-5-2-6-29-75)115-108(116-107)90-41-8-7-36-83(90)72-60-62-73(63-61-72)84-42-24-50-97-101(84)117-99-52-19-17-48-95(99)109(97)91-44-13-9-37-86(91)87-38-10-14-45-92(87)109/h1-68H. The van der Waals surface area contributed by atoms with Crippen LogP contribution >= 0.6 is 0 Å². The first kappa shape index (κ1) is 68.0. The molecule has 4 heterocycles. The van der Waals surface area contributed by atoms with Crippen LogP contribution in [-0.2, 0) is 10.8 Å². The molecule has 0 atom stereocenters. The number of benzene rings is 17. The zero-order valence-corrected chi connectivity index (χ0v) is 63.8. The van der Waals surface area contributed by atoms with E-state index in [0.29, 0.717) is 34.9 Å². The molecule has 118 heavy (non-hydrogen) atoms. The van der Waals surface area contributed by atoms with Crippen LogP contribution in [0.1, 0.15) is 44.5 Å². The van der Waals surface area contributed by atoms with E-state index < -0.39 is 10.8 Å². The van der Waals surface area contributed by atoms with Crippen molar-refractivity contribution >= 4 is 0 Å². The van der Waals surface area contributed by atoms with Gasteiger partial charge < -0.3 is 9.47 Å². The van der Waals surface area contributed by atoms with Crippen LogP contribution < -0.4 is 9.47 Å². The van der Waals surface area contributed by atoms with Crippen LogP contribution in [0.3, 0.4) is 0 Å². The normalized spacial score (nSPS) is 13.0. The lowest BCUT2D eigenvalue weighted by atomic mass is 9.65. The van der Waals surface area contributed by atoms with E-state index in [4.69, 9.17) is 39.4 Å². The number of fused-ring (bicyclic) bond motifs is 18. The van der Waals surface area contributed by atoms with E-state index in [1.165, 1.54) is 44.5 Å². The average molecular weight is 1510 g/mol. The van der Waals surface area contributed by atoms with Crippen LogP contribution in [0.15, 0.2) is 413 Å². The highest BCUT2D eigenvalue weighted by Gasteiger charge is 2.53. The summed E-state index contributed by atoms with van der Waals surface area (Å²) in [7, 11) is 0. The molecule has 0 saturated carbocycles. The van der Waals surface area contributed by atoms with Gasteiger partial charge >= 0.3 is 0 Å².